The molecule has 0 aliphatic carbocycles. The fourth-order valence-electron chi connectivity index (χ4n) is 3.55. The molecule has 0 saturated heterocycles. The number of aromatic nitrogens is 2. The summed E-state index contributed by atoms with van der Waals surface area (Å²) < 4.78 is 0. The van der Waals surface area contributed by atoms with Gasteiger partial charge >= 0.3 is 0 Å². The van der Waals surface area contributed by atoms with Crippen LogP contribution in [-0.4, -0.2) is 10.2 Å². The molecule has 0 aliphatic rings. The summed E-state index contributed by atoms with van der Waals surface area (Å²) in [6, 6.07) is 29.6. The van der Waals surface area contributed by atoms with Gasteiger partial charge in [0.1, 0.15) is 0 Å². The first-order valence-corrected chi connectivity index (χ1v) is 9.34. The second-order valence-electron chi connectivity index (χ2n) is 7.88. The van der Waals surface area contributed by atoms with E-state index in [9.17, 15) is 0 Å². The second kappa shape index (κ2) is 6.88. The van der Waals surface area contributed by atoms with E-state index in [2.05, 4.69) is 104 Å². The van der Waals surface area contributed by atoms with E-state index in [1.54, 1.807) is 0 Å². The molecule has 1 heterocycles. The van der Waals surface area contributed by atoms with Crippen molar-refractivity contribution in [3.63, 3.8) is 0 Å². The van der Waals surface area contributed by atoms with Gasteiger partial charge in [-0.2, -0.15) is 5.10 Å². The minimum absolute atomic E-state index is 0.0222. The van der Waals surface area contributed by atoms with Crippen LogP contribution in [-0.2, 0) is 5.41 Å². The Bertz CT molecular complexity index is 1020. The smallest absolute Gasteiger partial charge is 0.0964 e. The minimum Gasteiger partial charge on any atom is -0.277 e. The lowest BCUT2D eigenvalue weighted by molar-refractivity contribution is 0.594. The molecular weight excluding hydrogens is 328 g/mol. The highest BCUT2D eigenvalue weighted by atomic mass is 15.1. The first-order valence-electron chi connectivity index (χ1n) is 9.34. The highest BCUT2D eigenvalue weighted by Crippen LogP contribution is 2.38. The van der Waals surface area contributed by atoms with Crippen LogP contribution in [0.3, 0.4) is 0 Å². The molecule has 1 N–H and O–H groups in total. The fraction of sp³-hybridized carbons (Fsp3) is 0.160. The summed E-state index contributed by atoms with van der Waals surface area (Å²) >= 11 is 0. The van der Waals surface area contributed by atoms with Gasteiger partial charge in [0.25, 0.3) is 0 Å². The van der Waals surface area contributed by atoms with Crippen LogP contribution in [0.25, 0.3) is 33.6 Å². The van der Waals surface area contributed by atoms with Crippen molar-refractivity contribution in [1.82, 2.24) is 10.2 Å². The van der Waals surface area contributed by atoms with Crippen molar-refractivity contribution in [2.45, 2.75) is 26.2 Å². The molecule has 3 aromatic carbocycles. The third kappa shape index (κ3) is 3.43. The average Bonchev–Trinajstić information content (AvgIpc) is 3.15. The highest BCUT2D eigenvalue weighted by molar-refractivity contribution is 5.77. The molecule has 0 bridgehead atoms. The maximum Gasteiger partial charge on any atom is 0.0964 e. The molecule has 0 saturated carbocycles. The summed E-state index contributed by atoms with van der Waals surface area (Å²) in [4.78, 5) is 0. The largest absolute Gasteiger partial charge is 0.277 e. The van der Waals surface area contributed by atoms with E-state index in [-0.39, 0.29) is 5.41 Å². The van der Waals surface area contributed by atoms with Crippen LogP contribution >= 0.6 is 0 Å². The molecule has 0 unspecified atom stereocenters. The second-order valence-corrected chi connectivity index (χ2v) is 7.88. The quantitative estimate of drug-likeness (QED) is 0.436. The van der Waals surface area contributed by atoms with Crippen molar-refractivity contribution >= 4 is 0 Å². The fourth-order valence-corrected chi connectivity index (χ4v) is 3.55. The van der Waals surface area contributed by atoms with E-state index in [0.29, 0.717) is 0 Å². The summed E-state index contributed by atoms with van der Waals surface area (Å²) in [5.74, 6) is 0. The Morgan fingerprint density at radius 2 is 1.07 bits per heavy atom. The van der Waals surface area contributed by atoms with E-state index in [1.165, 1.54) is 16.7 Å². The molecule has 2 nitrogen and oxygen atoms in total. The molecule has 0 fully saturated rings. The Morgan fingerprint density at radius 1 is 0.593 bits per heavy atom. The standard InChI is InChI=1S/C25H24N2/c1-25(2,3)22-23(20-12-8-5-9-13-20)26-27-24(22)21-16-14-19(15-17-21)18-10-6-4-7-11-18/h4-17H,1-3H3,(H,26,27). The normalized spacial score (nSPS) is 11.5. The summed E-state index contributed by atoms with van der Waals surface area (Å²) in [6.45, 7) is 6.73. The zero-order chi connectivity index (χ0) is 18.9. The topological polar surface area (TPSA) is 28.7 Å². The molecule has 0 radical (unpaired) electrons. The van der Waals surface area contributed by atoms with Crippen LogP contribution in [0.5, 0.6) is 0 Å². The molecule has 2 heteroatoms. The summed E-state index contributed by atoms with van der Waals surface area (Å²) in [6.07, 6.45) is 0. The van der Waals surface area contributed by atoms with E-state index in [1.807, 2.05) is 12.1 Å². The maximum absolute atomic E-state index is 4.68. The van der Waals surface area contributed by atoms with Gasteiger partial charge in [0.15, 0.2) is 0 Å². The molecule has 4 aromatic rings. The van der Waals surface area contributed by atoms with Crippen molar-refractivity contribution in [1.29, 1.82) is 0 Å². The Morgan fingerprint density at radius 3 is 1.63 bits per heavy atom. The van der Waals surface area contributed by atoms with E-state index in [0.717, 1.165) is 22.5 Å². The van der Waals surface area contributed by atoms with Crippen molar-refractivity contribution in [2.24, 2.45) is 0 Å². The number of benzene rings is 3. The van der Waals surface area contributed by atoms with Gasteiger partial charge in [-0.05, 0) is 22.1 Å². The molecule has 0 amide bonds. The van der Waals surface area contributed by atoms with Gasteiger partial charge in [0.2, 0.25) is 0 Å². The molecule has 0 spiro atoms. The van der Waals surface area contributed by atoms with Gasteiger partial charge < -0.3 is 0 Å². The van der Waals surface area contributed by atoms with Crippen LogP contribution < -0.4 is 0 Å². The van der Waals surface area contributed by atoms with Crippen LogP contribution in [0, 0.1) is 0 Å². The number of nitrogens with one attached hydrogen (secondary N) is 1. The maximum atomic E-state index is 4.68. The zero-order valence-corrected chi connectivity index (χ0v) is 16.0. The van der Waals surface area contributed by atoms with E-state index < -0.39 is 0 Å². The molecule has 27 heavy (non-hydrogen) atoms. The Kier molecular flexibility index (Phi) is 4.41. The van der Waals surface area contributed by atoms with Gasteiger partial charge in [0.05, 0.1) is 11.4 Å². The van der Waals surface area contributed by atoms with Crippen LogP contribution in [0.4, 0.5) is 0 Å². The zero-order valence-electron chi connectivity index (χ0n) is 16.0. The number of hydrogen-bond acceptors (Lipinski definition) is 1. The third-order valence-corrected chi connectivity index (χ3v) is 4.84. The van der Waals surface area contributed by atoms with Gasteiger partial charge in [-0.3, -0.25) is 5.10 Å². The van der Waals surface area contributed by atoms with Gasteiger partial charge in [0, 0.05) is 11.1 Å². The number of nitrogens with zero attached hydrogens (tertiary/aromatic N) is 1. The SMILES string of the molecule is CC(C)(C)c1c(-c2ccccc2)n[nH]c1-c1ccc(-c2ccccc2)cc1. The number of rotatable bonds is 3. The molecule has 4 rings (SSSR count). The Balaban J connectivity index is 1.79. The predicted molar refractivity (Wildman–Crippen MR) is 114 cm³/mol. The predicted octanol–water partition coefficient (Wildman–Crippen LogP) is 6.71. The first kappa shape index (κ1) is 17.3. The monoisotopic (exact) mass is 352 g/mol. The summed E-state index contributed by atoms with van der Waals surface area (Å²) in [5.41, 5.74) is 8.12. The first-order chi connectivity index (χ1) is 13.0. The lowest BCUT2D eigenvalue weighted by Gasteiger charge is -2.21. The van der Waals surface area contributed by atoms with Crippen LogP contribution in [0.2, 0.25) is 0 Å². The van der Waals surface area contributed by atoms with Crippen molar-refractivity contribution in [2.75, 3.05) is 0 Å². The van der Waals surface area contributed by atoms with Crippen molar-refractivity contribution in [3.05, 3.63) is 90.5 Å². The van der Waals surface area contributed by atoms with Crippen molar-refractivity contribution < 1.29 is 0 Å². The lowest BCUT2D eigenvalue weighted by Crippen LogP contribution is -2.13. The molecule has 134 valence electrons. The highest BCUT2D eigenvalue weighted by Gasteiger charge is 2.26. The lowest BCUT2D eigenvalue weighted by atomic mass is 9.82. The third-order valence-electron chi connectivity index (χ3n) is 4.84. The number of aromatic amines is 1. The Labute approximate surface area is 160 Å². The summed E-state index contributed by atoms with van der Waals surface area (Å²) in [7, 11) is 0. The summed E-state index contributed by atoms with van der Waals surface area (Å²) in [5, 5.41) is 7.99. The number of hydrogen-bond donors (Lipinski definition) is 1. The average molecular weight is 352 g/mol. The van der Waals surface area contributed by atoms with Crippen LogP contribution in [0.15, 0.2) is 84.9 Å². The van der Waals surface area contributed by atoms with Gasteiger partial charge in [-0.25, -0.2) is 0 Å². The molecule has 0 aliphatic heterocycles. The van der Waals surface area contributed by atoms with E-state index >= 15 is 0 Å². The Hall–Kier alpha value is -3.13. The van der Waals surface area contributed by atoms with Gasteiger partial charge in [-0.15, -0.1) is 0 Å². The van der Waals surface area contributed by atoms with Crippen LogP contribution in [0.1, 0.15) is 26.3 Å². The van der Waals surface area contributed by atoms with E-state index in [4.69, 9.17) is 0 Å². The number of H-pyrrole nitrogens is 1. The van der Waals surface area contributed by atoms with Crippen molar-refractivity contribution in [3.8, 4) is 33.6 Å². The molecule has 0 atom stereocenters. The molecular formula is C25H24N2. The minimum atomic E-state index is -0.0222. The molecule has 1 aromatic heterocycles. The van der Waals surface area contributed by atoms with Gasteiger partial charge in [-0.1, -0.05) is 106 Å².